The molecule has 12 heteroatoms. The first-order valence-electron chi connectivity index (χ1n) is 12.6. The van der Waals surface area contributed by atoms with Gasteiger partial charge in [-0.3, -0.25) is 15.0 Å². The van der Waals surface area contributed by atoms with Crippen LogP contribution in [0.4, 0.5) is 30.2 Å². The lowest BCUT2D eigenvalue weighted by Gasteiger charge is -2.39. The van der Waals surface area contributed by atoms with Gasteiger partial charge >= 0.3 is 6.18 Å². The smallest absolute Gasteiger partial charge is 0.382 e. The Hall–Kier alpha value is -2.63. The van der Waals surface area contributed by atoms with Crippen LogP contribution in [0.3, 0.4) is 0 Å². The third-order valence-electron chi connectivity index (χ3n) is 7.19. The van der Waals surface area contributed by atoms with E-state index in [0.29, 0.717) is 25.9 Å². The summed E-state index contributed by atoms with van der Waals surface area (Å²) in [5.74, 6) is 0.209. The molecule has 0 spiro atoms. The number of hydrogen-bond acceptors (Lipinski definition) is 6. The molecule has 1 atom stereocenters. The fourth-order valence-corrected chi connectivity index (χ4v) is 5.49. The quantitative estimate of drug-likeness (QED) is 0.252. The number of alkyl halides is 3. The van der Waals surface area contributed by atoms with Crippen molar-refractivity contribution in [2.24, 2.45) is 5.92 Å². The summed E-state index contributed by atoms with van der Waals surface area (Å²) < 4.78 is 39.9. The molecule has 2 saturated heterocycles. The molecule has 1 N–H and O–H groups in total. The standard InChI is InChI=1S/C26H31ClF3N5O2S/c1-18(17-32-12-14-33(15-13-32)22-5-2-19(27)3-6-22)25(38)34-10-8-20(9-11-34)31-21-4-7-24(35(36)37)23(16-21)26(28,29)30/h2-7,16,18,20,31H,8-15,17H2,1H3. The third-order valence-corrected chi connectivity index (χ3v) is 8.11. The van der Waals surface area contributed by atoms with Crippen molar-refractivity contribution in [2.45, 2.75) is 32.0 Å². The van der Waals surface area contributed by atoms with Gasteiger partial charge in [0.2, 0.25) is 0 Å². The molecule has 0 amide bonds. The number of halogens is 4. The molecule has 2 heterocycles. The zero-order chi connectivity index (χ0) is 27.4. The van der Waals surface area contributed by atoms with Gasteiger partial charge in [-0.1, -0.05) is 30.7 Å². The van der Waals surface area contributed by atoms with Crippen molar-refractivity contribution in [3.63, 3.8) is 0 Å². The Kier molecular flexibility index (Phi) is 9.00. The summed E-state index contributed by atoms with van der Waals surface area (Å²) in [6.07, 6.45) is -3.37. The Balaban J connectivity index is 1.24. The van der Waals surface area contributed by atoms with Gasteiger partial charge in [-0.15, -0.1) is 0 Å². The Bertz CT molecular complexity index is 1130. The molecule has 0 saturated carbocycles. The number of piperidine rings is 1. The van der Waals surface area contributed by atoms with E-state index in [4.69, 9.17) is 23.8 Å². The van der Waals surface area contributed by atoms with E-state index in [1.807, 2.05) is 24.3 Å². The minimum Gasteiger partial charge on any atom is -0.382 e. The summed E-state index contributed by atoms with van der Waals surface area (Å²) >= 11 is 11.8. The SMILES string of the molecule is CC(CN1CCN(c2ccc(Cl)cc2)CC1)C(=S)N1CCC(Nc2ccc([N+](=O)[O-])c(C(F)(F)F)c2)CC1. The van der Waals surface area contributed by atoms with Crippen LogP contribution < -0.4 is 10.2 Å². The van der Waals surface area contributed by atoms with Crippen LogP contribution in [-0.2, 0) is 6.18 Å². The number of benzene rings is 2. The number of piperazine rings is 1. The topological polar surface area (TPSA) is 64.9 Å². The van der Waals surface area contributed by atoms with E-state index in [0.717, 1.165) is 54.9 Å². The van der Waals surface area contributed by atoms with Gasteiger partial charge in [0.25, 0.3) is 5.69 Å². The van der Waals surface area contributed by atoms with Crippen LogP contribution in [0.5, 0.6) is 0 Å². The molecule has 1 unspecified atom stereocenters. The van der Waals surface area contributed by atoms with Crippen LogP contribution >= 0.6 is 23.8 Å². The monoisotopic (exact) mass is 569 g/mol. The zero-order valence-corrected chi connectivity index (χ0v) is 22.7. The maximum atomic E-state index is 13.3. The second-order valence-corrected chi connectivity index (χ2v) is 10.8. The van der Waals surface area contributed by atoms with Crippen molar-refractivity contribution in [2.75, 3.05) is 56.0 Å². The van der Waals surface area contributed by atoms with Gasteiger partial charge in [-0.05, 0) is 49.2 Å². The Labute approximate surface area is 230 Å². The molecule has 7 nitrogen and oxygen atoms in total. The number of thiocarbonyl (C=S) groups is 1. The molecular formula is C26H31ClF3N5O2S. The summed E-state index contributed by atoms with van der Waals surface area (Å²) in [6.45, 7) is 8.25. The average molecular weight is 570 g/mol. The normalized spacial score (nSPS) is 18.3. The van der Waals surface area contributed by atoms with Crippen LogP contribution in [0.25, 0.3) is 0 Å². The van der Waals surface area contributed by atoms with Gasteiger partial charge < -0.3 is 15.1 Å². The van der Waals surface area contributed by atoms with Crippen LogP contribution in [0, 0.1) is 16.0 Å². The largest absolute Gasteiger partial charge is 0.423 e. The summed E-state index contributed by atoms with van der Waals surface area (Å²) in [7, 11) is 0. The van der Waals surface area contributed by atoms with Crippen LogP contribution in [0.2, 0.25) is 5.02 Å². The minimum absolute atomic E-state index is 0.0344. The van der Waals surface area contributed by atoms with E-state index < -0.39 is 22.4 Å². The molecule has 0 bridgehead atoms. The highest BCUT2D eigenvalue weighted by atomic mass is 35.5. The molecule has 2 aliphatic heterocycles. The molecule has 0 aromatic heterocycles. The minimum atomic E-state index is -4.80. The Morgan fingerprint density at radius 3 is 2.32 bits per heavy atom. The Morgan fingerprint density at radius 1 is 1.11 bits per heavy atom. The lowest BCUT2D eigenvalue weighted by molar-refractivity contribution is -0.388. The van der Waals surface area contributed by atoms with Crippen molar-refractivity contribution >= 4 is 45.9 Å². The number of anilines is 2. The maximum Gasteiger partial charge on any atom is 0.423 e. The second kappa shape index (κ2) is 12.0. The fourth-order valence-electron chi connectivity index (χ4n) is 5.11. The first kappa shape index (κ1) is 28.4. The number of nitrogens with one attached hydrogen (secondary N) is 1. The van der Waals surface area contributed by atoms with Crippen molar-refractivity contribution in [3.05, 3.63) is 63.2 Å². The number of hydrogen-bond donors (Lipinski definition) is 1. The van der Waals surface area contributed by atoms with Crippen molar-refractivity contribution < 1.29 is 18.1 Å². The number of rotatable bonds is 7. The predicted molar refractivity (Wildman–Crippen MR) is 148 cm³/mol. The maximum absolute atomic E-state index is 13.3. The van der Waals surface area contributed by atoms with E-state index in [1.165, 1.54) is 11.8 Å². The number of likely N-dealkylation sites (tertiary alicyclic amines) is 1. The lowest BCUT2D eigenvalue weighted by Crippen LogP contribution is -2.50. The van der Waals surface area contributed by atoms with Gasteiger partial charge in [0.15, 0.2) is 0 Å². The molecule has 4 rings (SSSR count). The first-order chi connectivity index (χ1) is 18.0. The van der Waals surface area contributed by atoms with Gasteiger partial charge in [0, 0.05) is 80.2 Å². The number of nitro benzene ring substituents is 1. The van der Waals surface area contributed by atoms with E-state index >= 15 is 0 Å². The predicted octanol–water partition coefficient (Wildman–Crippen LogP) is 5.93. The highest BCUT2D eigenvalue weighted by Gasteiger charge is 2.38. The molecular weight excluding hydrogens is 539 g/mol. The molecule has 2 aromatic carbocycles. The van der Waals surface area contributed by atoms with Gasteiger partial charge in [-0.25, -0.2) is 0 Å². The number of nitro groups is 1. The highest BCUT2D eigenvalue weighted by molar-refractivity contribution is 7.80. The Morgan fingerprint density at radius 2 is 1.74 bits per heavy atom. The van der Waals surface area contributed by atoms with E-state index in [9.17, 15) is 23.3 Å². The van der Waals surface area contributed by atoms with E-state index in [-0.39, 0.29) is 17.6 Å². The molecule has 2 aromatic rings. The summed E-state index contributed by atoms with van der Waals surface area (Å²) in [5, 5.41) is 14.8. The lowest BCUT2D eigenvalue weighted by atomic mass is 10.0. The molecule has 206 valence electrons. The van der Waals surface area contributed by atoms with Crippen LogP contribution in [-0.4, -0.2) is 71.6 Å². The van der Waals surface area contributed by atoms with Gasteiger partial charge in [-0.2, -0.15) is 13.2 Å². The highest BCUT2D eigenvalue weighted by Crippen LogP contribution is 2.38. The fraction of sp³-hybridized carbons (Fsp3) is 0.500. The van der Waals surface area contributed by atoms with Crippen molar-refractivity contribution in [3.8, 4) is 0 Å². The average Bonchev–Trinajstić information content (AvgIpc) is 2.89. The van der Waals surface area contributed by atoms with Gasteiger partial charge in [0.05, 0.1) is 9.91 Å². The van der Waals surface area contributed by atoms with Crippen molar-refractivity contribution in [1.29, 1.82) is 0 Å². The van der Waals surface area contributed by atoms with Gasteiger partial charge in [0.1, 0.15) is 5.56 Å². The number of nitrogens with zero attached hydrogens (tertiary/aromatic N) is 4. The first-order valence-corrected chi connectivity index (χ1v) is 13.4. The summed E-state index contributed by atoms with van der Waals surface area (Å²) in [5.41, 5.74) is -0.773. The summed E-state index contributed by atoms with van der Waals surface area (Å²) in [6, 6.07) is 10.9. The molecule has 0 radical (unpaired) electrons. The van der Waals surface area contributed by atoms with Crippen LogP contribution in [0.1, 0.15) is 25.3 Å². The molecule has 2 fully saturated rings. The molecule has 0 aliphatic carbocycles. The van der Waals surface area contributed by atoms with Crippen molar-refractivity contribution in [1.82, 2.24) is 9.80 Å². The van der Waals surface area contributed by atoms with E-state index in [1.54, 1.807) is 0 Å². The third kappa shape index (κ3) is 7.06. The van der Waals surface area contributed by atoms with Crippen LogP contribution in [0.15, 0.2) is 42.5 Å². The molecule has 2 aliphatic rings. The zero-order valence-electron chi connectivity index (χ0n) is 21.1. The van der Waals surface area contributed by atoms with E-state index in [2.05, 4.69) is 26.9 Å². The second-order valence-electron chi connectivity index (χ2n) is 9.90. The molecule has 38 heavy (non-hydrogen) atoms. The summed E-state index contributed by atoms with van der Waals surface area (Å²) in [4.78, 5) is 17.9.